The molecule has 25 heavy (non-hydrogen) atoms. The van der Waals surface area contributed by atoms with Crippen LogP contribution in [0.1, 0.15) is 11.6 Å². The number of amides is 1. The van der Waals surface area contributed by atoms with E-state index in [1.807, 2.05) is 29.2 Å². The van der Waals surface area contributed by atoms with Crippen LogP contribution in [-0.2, 0) is 4.79 Å². The first kappa shape index (κ1) is 21.5. The van der Waals surface area contributed by atoms with E-state index in [4.69, 9.17) is 16.3 Å². The summed E-state index contributed by atoms with van der Waals surface area (Å²) in [7, 11) is 0. The van der Waals surface area contributed by atoms with Gasteiger partial charge in [-0.15, -0.1) is 24.8 Å². The van der Waals surface area contributed by atoms with Gasteiger partial charge in [0.1, 0.15) is 5.75 Å². The van der Waals surface area contributed by atoms with E-state index in [1.54, 1.807) is 24.5 Å². The zero-order valence-electron chi connectivity index (χ0n) is 13.4. The monoisotopic (exact) mass is 403 g/mol. The highest BCUT2D eigenvalue weighted by atomic mass is 35.5. The molecule has 136 valence electrons. The zero-order valence-corrected chi connectivity index (χ0v) is 15.8. The Morgan fingerprint density at radius 2 is 2.16 bits per heavy atom. The lowest BCUT2D eigenvalue weighted by Crippen LogP contribution is -2.50. The summed E-state index contributed by atoms with van der Waals surface area (Å²) >= 11 is 6.08. The van der Waals surface area contributed by atoms with Gasteiger partial charge >= 0.3 is 0 Å². The third-order valence-electron chi connectivity index (χ3n) is 3.79. The van der Waals surface area contributed by atoms with Crippen molar-refractivity contribution in [2.45, 2.75) is 6.04 Å². The molecule has 0 bridgehead atoms. The third kappa shape index (κ3) is 5.75. The van der Waals surface area contributed by atoms with E-state index in [1.165, 1.54) is 0 Å². The maximum atomic E-state index is 12.6. The Morgan fingerprint density at radius 1 is 1.32 bits per heavy atom. The van der Waals surface area contributed by atoms with E-state index < -0.39 is 0 Å². The third-order valence-corrected chi connectivity index (χ3v) is 4.03. The van der Waals surface area contributed by atoms with Gasteiger partial charge in [-0.2, -0.15) is 0 Å². The van der Waals surface area contributed by atoms with E-state index in [-0.39, 0.29) is 43.4 Å². The number of piperazine rings is 1. The van der Waals surface area contributed by atoms with Crippen LogP contribution in [0.3, 0.4) is 0 Å². The summed E-state index contributed by atoms with van der Waals surface area (Å²) in [6, 6.07) is 11.2. The van der Waals surface area contributed by atoms with Crippen LogP contribution in [0.15, 0.2) is 48.8 Å². The number of aromatic nitrogens is 1. The first-order chi connectivity index (χ1) is 11.2. The molecule has 1 amide bonds. The second kappa shape index (κ2) is 10.5. The van der Waals surface area contributed by atoms with E-state index in [2.05, 4.69) is 10.3 Å². The van der Waals surface area contributed by atoms with Crippen molar-refractivity contribution in [1.29, 1.82) is 0 Å². The molecule has 0 aliphatic carbocycles. The molecule has 1 N–H and O–H groups in total. The topological polar surface area (TPSA) is 54.5 Å². The highest BCUT2D eigenvalue weighted by Gasteiger charge is 2.28. The Hall–Kier alpha value is -1.53. The van der Waals surface area contributed by atoms with Gasteiger partial charge in [0.2, 0.25) is 0 Å². The standard InChI is InChI=1S/C17H18ClN3O2.2ClH/c18-14-4-1-3-13(9-14)16-11-20-7-8-21(16)17(22)12-23-15-5-2-6-19-10-15;;/h1-6,9-10,16,20H,7-8,11-12H2;2*1H. The average molecular weight is 405 g/mol. The van der Waals surface area contributed by atoms with Crippen molar-refractivity contribution < 1.29 is 9.53 Å². The predicted octanol–water partition coefficient (Wildman–Crippen LogP) is 3.13. The summed E-state index contributed by atoms with van der Waals surface area (Å²) in [5, 5.41) is 4.00. The molecule has 1 atom stereocenters. The molecule has 1 aromatic heterocycles. The molecule has 0 spiro atoms. The quantitative estimate of drug-likeness (QED) is 0.850. The van der Waals surface area contributed by atoms with Gasteiger partial charge in [-0.1, -0.05) is 23.7 Å². The molecule has 1 unspecified atom stereocenters. The molecule has 1 saturated heterocycles. The van der Waals surface area contributed by atoms with Gasteiger partial charge < -0.3 is 15.0 Å². The van der Waals surface area contributed by atoms with Crippen LogP contribution in [0.25, 0.3) is 0 Å². The Morgan fingerprint density at radius 3 is 2.88 bits per heavy atom. The highest BCUT2D eigenvalue weighted by Crippen LogP contribution is 2.24. The molecule has 2 aromatic rings. The number of carbonyl (C=O) groups excluding carboxylic acids is 1. The maximum absolute atomic E-state index is 12.6. The van der Waals surface area contributed by atoms with Gasteiger partial charge in [0.05, 0.1) is 12.2 Å². The minimum atomic E-state index is -0.0414. The Bertz CT molecular complexity index is 673. The number of ether oxygens (including phenoxy) is 1. The van der Waals surface area contributed by atoms with E-state index in [0.717, 1.165) is 12.1 Å². The van der Waals surface area contributed by atoms with Crippen molar-refractivity contribution in [3.05, 3.63) is 59.4 Å². The summed E-state index contributed by atoms with van der Waals surface area (Å²) < 4.78 is 5.53. The lowest BCUT2D eigenvalue weighted by molar-refractivity contribution is -0.136. The Balaban J connectivity index is 0.00000156. The van der Waals surface area contributed by atoms with Crippen molar-refractivity contribution in [3.63, 3.8) is 0 Å². The van der Waals surface area contributed by atoms with Crippen LogP contribution < -0.4 is 10.1 Å². The van der Waals surface area contributed by atoms with E-state index >= 15 is 0 Å². The molecule has 1 aliphatic rings. The average Bonchev–Trinajstić information content (AvgIpc) is 2.60. The number of benzene rings is 1. The summed E-state index contributed by atoms with van der Waals surface area (Å²) in [6.07, 6.45) is 3.26. The number of hydrogen-bond donors (Lipinski definition) is 1. The summed E-state index contributed by atoms with van der Waals surface area (Å²) in [6.45, 7) is 2.13. The zero-order chi connectivity index (χ0) is 16.1. The SMILES string of the molecule is Cl.Cl.O=C(COc1cccnc1)N1CCNCC1c1cccc(Cl)c1. The van der Waals surface area contributed by atoms with Crippen LogP contribution in [0.2, 0.25) is 5.02 Å². The summed E-state index contributed by atoms with van der Waals surface area (Å²) in [4.78, 5) is 18.4. The lowest BCUT2D eigenvalue weighted by atomic mass is 10.0. The molecule has 1 aliphatic heterocycles. The van der Waals surface area contributed by atoms with Crippen molar-refractivity contribution in [2.24, 2.45) is 0 Å². The fourth-order valence-electron chi connectivity index (χ4n) is 2.67. The van der Waals surface area contributed by atoms with Gasteiger partial charge in [-0.3, -0.25) is 9.78 Å². The predicted molar refractivity (Wildman–Crippen MR) is 103 cm³/mol. The molecular formula is C17H20Cl3N3O2. The number of rotatable bonds is 4. The van der Waals surface area contributed by atoms with Gasteiger partial charge in [-0.05, 0) is 29.8 Å². The fourth-order valence-corrected chi connectivity index (χ4v) is 2.87. The normalized spacial score (nSPS) is 16.4. The molecule has 3 rings (SSSR count). The number of halogens is 3. The molecule has 0 saturated carbocycles. The smallest absolute Gasteiger partial charge is 0.261 e. The van der Waals surface area contributed by atoms with Crippen molar-refractivity contribution in [2.75, 3.05) is 26.2 Å². The highest BCUT2D eigenvalue weighted by molar-refractivity contribution is 6.30. The van der Waals surface area contributed by atoms with Crippen LogP contribution >= 0.6 is 36.4 Å². The number of hydrogen-bond acceptors (Lipinski definition) is 4. The number of pyridine rings is 1. The van der Waals surface area contributed by atoms with Crippen molar-refractivity contribution in [3.8, 4) is 5.75 Å². The molecule has 0 radical (unpaired) electrons. The number of carbonyl (C=O) groups is 1. The van der Waals surface area contributed by atoms with E-state index in [0.29, 0.717) is 23.9 Å². The van der Waals surface area contributed by atoms with Crippen LogP contribution in [-0.4, -0.2) is 42.0 Å². The molecule has 5 nitrogen and oxygen atoms in total. The van der Waals surface area contributed by atoms with Gasteiger partial charge in [0, 0.05) is 30.9 Å². The largest absolute Gasteiger partial charge is 0.482 e. The maximum Gasteiger partial charge on any atom is 0.261 e. The first-order valence-electron chi connectivity index (χ1n) is 7.52. The second-order valence-corrected chi connectivity index (χ2v) is 5.78. The summed E-state index contributed by atoms with van der Waals surface area (Å²) in [5.74, 6) is 0.551. The molecule has 1 aromatic carbocycles. The van der Waals surface area contributed by atoms with Crippen LogP contribution in [0.4, 0.5) is 0 Å². The van der Waals surface area contributed by atoms with Crippen molar-refractivity contribution >= 4 is 42.3 Å². The lowest BCUT2D eigenvalue weighted by Gasteiger charge is -2.36. The van der Waals surface area contributed by atoms with Crippen molar-refractivity contribution in [1.82, 2.24) is 15.2 Å². The van der Waals surface area contributed by atoms with E-state index in [9.17, 15) is 4.79 Å². The van der Waals surface area contributed by atoms with Crippen LogP contribution in [0, 0.1) is 0 Å². The number of nitrogens with one attached hydrogen (secondary N) is 1. The first-order valence-corrected chi connectivity index (χ1v) is 7.90. The van der Waals surface area contributed by atoms with Gasteiger partial charge in [-0.25, -0.2) is 0 Å². The van der Waals surface area contributed by atoms with Crippen LogP contribution in [0.5, 0.6) is 5.75 Å². The Kier molecular flexibility index (Phi) is 9.00. The second-order valence-electron chi connectivity index (χ2n) is 5.34. The molecule has 8 heteroatoms. The minimum absolute atomic E-state index is 0. The molecule has 1 fully saturated rings. The molecule has 2 heterocycles. The van der Waals surface area contributed by atoms with Gasteiger partial charge in [0.15, 0.2) is 6.61 Å². The van der Waals surface area contributed by atoms with Gasteiger partial charge in [0.25, 0.3) is 5.91 Å². The Labute approximate surface area is 164 Å². The molecular weight excluding hydrogens is 385 g/mol. The summed E-state index contributed by atoms with van der Waals surface area (Å²) in [5.41, 5.74) is 1.03. The fraction of sp³-hybridized carbons (Fsp3) is 0.294. The minimum Gasteiger partial charge on any atom is -0.482 e. The number of nitrogens with zero attached hydrogens (tertiary/aromatic N) is 2.